The highest BCUT2D eigenvalue weighted by Crippen LogP contribution is 2.22. The van der Waals surface area contributed by atoms with Crippen LogP contribution >= 0.6 is 0 Å². The number of carbonyl (C=O) groups is 1. The molecule has 0 atom stereocenters. The summed E-state index contributed by atoms with van der Waals surface area (Å²) in [5.74, 6) is 0.0832. The molecular formula is C19H21NO. The third-order valence-electron chi connectivity index (χ3n) is 4.16. The van der Waals surface area contributed by atoms with Gasteiger partial charge in [-0.15, -0.1) is 0 Å². The van der Waals surface area contributed by atoms with E-state index in [0.29, 0.717) is 6.04 Å². The van der Waals surface area contributed by atoms with Crippen LogP contribution in [-0.2, 0) is 0 Å². The molecule has 2 aromatic carbocycles. The van der Waals surface area contributed by atoms with Crippen LogP contribution < -0.4 is 5.32 Å². The standard InChI is InChI=1S/C19H21NO/c21-19(15-7-3-1-4-8-15)16-11-13-18(14-12-16)20-17-9-5-2-6-10-17/h1,3-4,7-8,11-14,17,20H,2,5-6,9-10H2. The minimum Gasteiger partial charge on any atom is -0.382 e. The second-order valence-corrected chi connectivity index (χ2v) is 5.75. The zero-order valence-corrected chi connectivity index (χ0v) is 12.2. The van der Waals surface area contributed by atoms with E-state index in [2.05, 4.69) is 5.32 Å². The lowest BCUT2D eigenvalue weighted by Crippen LogP contribution is -2.22. The molecule has 1 aliphatic carbocycles. The van der Waals surface area contributed by atoms with Crippen molar-refractivity contribution in [3.05, 3.63) is 65.7 Å². The fraction of sp³-hybridized carbons (Fsp3) is 0.316. The molecule has 1 fully saturated rings. The van der Waals surface area contributed by atoms with Crippen molar-refractivity contribution < 1.29 is 4.79 Å². The monoisotopic (exact) mass is 279 g/mol. The highest BCUT2D eigenvalue weighted by Gasteiger charge is 2.13. The van der Waals surface area contributed by atoms with E-state index in [1.54, 1.807) is 0 Å². The Balaban J connectivity index is 1.67. The topological polar surface area (TPSA) is 29.1 Å². The van der Waals surface area contributed by atoms with E-state index in [1.807, 2.05) is 54.6 Å². The molecule has 1 saturated carbocycles. The van der Waals surface area contributed by atoms with Crippen molar-refractivity contribution in [3.63, 3.8) is 0 Å². The molecule has 3 rings (SSSR count). The van der Waals surface area contributed by atoms with Crippen LogP contribution in [0.25, 0.3) is 0 Å². The molecule has 0 amide bonds. The predicted octanol–water partition coefficient (Wildman–Crippen LogP) is 4.66. The SMILES string of the molecule is O=C(c1ccccc1)c1ccc(NC2CCCCC2)cc1. The Labute approximate surface area is 126 Å². The van der Waals surface area contributed by atoms with Crippen molar-refractivity contribution >= 4 is 11.5 Å². The second-order valence-electron chi connectivity index (χ2n) is 5.75. The van der Waals surface area contributed by atoms with Crippen LogP contribution in [0, 0.1) is 0 Å². The quantitative estimate of drug-likeness (QED) is 0.824. The molecule has 0 unspecified atom stereocenters. The third-order valence-corrected chi connectivity index (χ3v) is 4.16. The summed E-state index contributed by atoms with van der Waals surface area (Å²) in [5.41, 5.74) is 2.60. The number of nitrogens with one attached hydrogen (secondary N) is 1. The van der Waals surface area contributed by atoms with E-state index in [9.17, 15) is 4.79 Å². The van der Waals surface area contributed by atoms with Gasteiger partial charge in [-0.05, 0) is 37.1 Å². The molecule has 0 radical (unpaired) electrons. The average Bonchev–Trinajstić information content (AvgIpc) is 2.57. The number of rotatable bonds is 4. The summed E-state index contributed by atoms with van der Waals surface area (Å²) in [7, 11) is 0. The van der Waals surface area contributed by atoms with Crippen LogP contribution in [0.5, 0.6) is 0 Å². The Morgan fingerprint density at radius 3 is 2.10 bits per heavy atom. The Hall–Kier alpha value is -2.09. The molecule has 0 spiro atoms. The van der Waals surface area contributed by atoms with Crippen LogP contribution in [0.1, 0.15) is 48.0 Å². The van der Waals surface area contributed by atoms with Crippen LogP contribution in [0.4, 0.5) is 5.69 Å². The first-order chi connectivity index (χ1) is 10.3. The molecule has 2 heteroatoms. The van der Waals surface area contributed by atoms with E-state index < -0.39 is 0 Å². The van der Waals surface area contributed by atoms with E-state index >= 15 is 0 Å². The molecule has 2 aromatic rings. The Morgan fingerprint density at radius 2 is 1.43 bits per heavy atom. The second kappa shape index (κ2) is 6.57. The lowest BCUT2D eigenvalue weighted by molar-refractivity contribution is 0.103. The van der Waals surface area contributed by atoms with Crippen LogP contribution in [0.15, 0.2) is 54.6 Å². The van der Waals surface area contributed by atoms with Crippen LogP contribution in [-0.4, -0.2) is 11.8 Å². The van der Waals surface area contributed by atoms with Gasteiger partial charge in [-0.25, -0.2) is 0 Å². The van der Waals surface area contributed by atoms with E-state index in [4.69, 9.17) is 0 Å². The highest BCUT2D eigenvalue weighted by molar-refractivity contribution is 6.09. The van der Waals surface area contributed by atoms with Crippen molar-refractivity contribution in [2.45, 2.75) is 38.1 Å². The van der Waals surface area contributed by atoms with E-state index in [-0.39, 0.29) is 5.78 Å². The first kappa shape index (κ1) is 13.9. The molecule has 0 bridgehead atoms. The molecule has 0 saturated heterocycles. The van der Waals surface area contributed by atoms with Gasteiger partial charge in [-0.3, -0.25) is 4.79 Å². The fourth-order valence-corrected chi connectivity index (χ4v) is 2.96. The van der Waals surface area contributed by atoms with Crippen molar-refractivity contribution in [2.24, 2.45) is 0 Å². The first-order valence-corrected chi connectivity index (χ1v) is 7.79. The van der Waals surface area contributed by atoms with Gasteiger partial charge >= 0.3 is 0 Å². The maximum absolute atomic E-state index is 12.3. The number of hydrogen-bond donors (Lipinski definition) is 1. The first-order valence-electron chi connectivity index (χ1n) is 7.79. The predicted molar refractivity (Wildman–Crippen MR) is 86.8 cm³/mol. The molecule has 0 aromatic heterocycles. The van der Waals surface area contributed by atoms with Gasteiger partial charge < -0.3 is 5.32 Å². The maximum atomic E-state index is 12.3. The van der Waals surface area contributed by atoms with Crippen molar-refractivity contribution in [1.82, 2.24) is 0 Å². The largest absolute Gasteiger partial charge is 0.382 e. The van der Waals surface area contributed by atoms with Gasteiger partial charge in [0.15, 0.2) is 5.78 Å². The Kier molecular flexibility index (Phi) is 4.34. The number of benzene rings is 2. The minimum absolute atomic E-state index is 0.0832. The molecule has 1 aliphatic rings. The summed E-state index contributed by atoms with van der Waals surface area (Å²) < 4.78 is 0. The van der Waals surface area contributed by atoms with E-state index in [0.717, 1.165) is 16.8 Å². The molecule has 2 nitrogen and oxygen atoms in total. The van der Waals surface area contributed by atoms with Gasteiger partial charge in [0, 0.05) is 22.9 Å². The molecule has 1 N–H and O–H groups in total. The molecular weight excluding hydrogens is 258 g/mol. The molecule has 0 aliphatic heterocycles. The third kappa shape index (κ3) is 3.52. The number of anilines is 1. The summed E-state index contributed by atoms with van der Waals surface area (Å²) in [6, 6.07) is 17.9. The minimum atomic E-state index is 0.0832. The van der Waals surface area contributed by atoms with Crippen molar-refractivity contribution in [3.8, 4) is 0 Å². The number of ketones is 1. The zero-order valence-electron chi connectivity index (χ0n) is 12.2. The van der Waals surface area contributed by atoms with Crippen molar-refractivity contribution in [2.75, 3.05) is 5.32 Å². The summed E-state index contributed by atoms with van der Waals surface area (Å²) in [6.45, 7) is 0. The van der Waals surface area contributed by atoms with Crippen LogP contribution in [0.2, 0.25) is 0 Å². The van der Waals surface area contributed by atoms with Gasteiger partial charge in [0.1, 0.15) is 0 Å². The summed E-state index contributed by atoms with van der Waals surface area (Å²) in [6.07, 6.45) is 6.52. The molecule has 0 heterocycles. The molecule has 108 valence electrons. The smallest absolute Gasteiger partial charge is 0.193 e. The van der Waals surface area contributed by atoms with Gasteiger partial charge in [0.05, 0.1) is 0 Å². The Bertz CT molecular complexity index is 583. The number of hydrogen-bond acceptors (Lipinski definition) is 2. The zero-order chi connectivity index (χ0) is 14.5. The highest BCUT2D eigenvalue weighted by atomic mass is 16.1. The van der Waals surface area contributed by atoms with Crippen LogP contribution in [0.3, 0.4) is 0 Å². The number of carbonyl (C=O) groups excluding carboxylic acids is 1. The van der Waals surface area contributed by atoms with Gasteiger partial charge in [0.2, 0.25) is 0 Å². The van der Waals surface area contributed by atoms with Crippen molar-refractivity contribution in [1.29, 1.82) is 0 Å². The lowest BCUT2D eigenvalue weighted by Gasteiger charge is -2.23. The van der Waals surface area contributed by atoms with Gasteiger partial charge in [-0.2, -0.15) is 0 Å². The van der Waals surface area contributed by atoms with E-state index in [1.165, 1.54) is 32.1 Å². The fourth-order valence-electron chi connectivity index (χ4n) is 2.96. The summed E-state index contributed by atoms with van der Waals surface area (Å²) in [5, 5.41) is 3.58. The lowest BCUT2D eigenvalue weighted by atomic mass is 9.95. The normalized spacial score (nSPS) is 15.6. The summed E-state index contributed by atoms with van der Waals surface area (Å²) >= 11 is 0. The Morgan fingerprint density at radius 1 is 0.810 bits per heavy atom. The van der Waals surface area contributed by atoms with Gasteiger partial charge in [0.25, 0.3) is 0 Å². The maximum Gasteiger partial charge on any atom is 0.193 e. The average molecular weight is 279 g/mol. The van der Waals surface area contributed by atoms with Gasteiger partial charge in [-0.1, -0.05) is 49.6 Å². The summed E-state index contributed by atoms with van der Waals surface area (Å²) in [4.78, 5) is 12.3. The molecule has 21 heavy (non-hydrogen) atoms.